The van der Waals surface area contributed by atoms with Crippen LogP contribution in [-0.4, -0.2) is 62.3 Å². The molecular formula is C19H26BrN5O. The van der Waals surface area contributed by atoms with E-state index in [-0.39, 0.29) is 5.91 Å². The van der Waals surface area contributed by atoms with E-state index in [1.54, 1.807) is 6.92 Å². The highest BCUT2D eigenvalue weighted by molar-refractivity contribution is 9.10. The Hall–Kier alpha value is -1.47. The number of likely N-dealkylation sites (tertiary alicyclic amines) is 2. The van der Waals surface area contributed by atoms with Crippen molar-refractivity contribution in [2.75, 3.05) is 26.2 Å². The number of fused-ring (bicyclic) bond motifs is 1. The lowest BCUT2D eigenvalue weighted by Crippen LogP contribution is -2.48. The second-order valence-electron chi connectivity index (χ2n) is 7.54. The van der Waals surface area contributed by atoms with E-state index in [9.17, 15) is 4.79 Å². The smallest absolute Gasteiger partial charge is 0.219 e. The van der Waals surface area contributed by atoms with Crippen molar-refractivity contribution in [1.29, 1.82) is 0 Å². The van der Waals surface area contributed by atoms with Crippen LogP contribution in [0.1, 0.15) is 50.0 Å². The van der Waals surface area contributed by atoms with Gasteiger partial charge in [-0.25, -0.2) is 4.98 Å². The lowest BCUT2D eigenvalue weighted by Gasteiger charge is -2.41. The predicted octanol–water partition coefficient (Wildman–Crippen LogP) is 2.99. The van der Waals surface area contributed by atoms with Crippen molar-refractivity contribution in [2.45, 2.75) is 51.5 Å². The zero-order valence-corrected chi connectivity index (χ0v) is 17.1. The van der Waals surface area contributed by atoms with Crippen molar-refractivity contribution < 1.29 is 4.79 Å². The third-order valence-corrected chi connectivity index (χ3v) is 6.60. The van der Waals surface area contributed by atoms with Crippen molar-refractivity contribution in [2.24, 2.45) is 0 Å². The summed E-state index contributed by atoms with van der Waals surface area (Å²) in [6, 6.07) is 0.627. The Morgan fingerprint density at radius 1 is 1.15 bits per heavy atom. The highest BCUT2D eigenvalue weighted by Gasteiger charge is 2.31. The number of imidazole rings is 1. The highest BCUT2D eigenvalue weighted by atomic mass is 79.9. The van der Waals surface area contributed by atoms with E-state index in [4.69, 9.17) is 4.98 Å². The third-order valence-electron chi connectivity index (χ3n) is 6.04. The van der Waals surface area contributed by atoms with Crippen LogP contribution in [-0.2, 0) is 4.79 Å². The van der Waals surface area contributed by atoms with Crippen molar-refractivity contribution in [3.8, 4) is 0 Å². The normalized spacial score (nSPS) is 20.8. The minimum Gasteiger partial charge on any atom is -0.343 e. The summed E-state index contributed by atoms with van der Waals surface area (Å²) in [6.45, 7) is 7.75. The average molecular weight is 420 g/mol. The number of hydrogen-bond donors (Lipinski definition) is 0. The van der Waals surface area contributed by atoms with Crippen molar-refractivity contribution in [1.82, 2.24) is 24.2 Å². The van der Waals surface area contributed by atoms with Gasteiger partial charge in [-0.05, 0) is 61.6 Å². The average Bonchev–Trinajstić information content (AvgIpc) is 3.00. The molecule has 140 valence electrons. The molecule has 0 bridgehead atoms. The van der Waals surface area contributed by atoms with Crippen molar-refractivity contribution in [3.05, 3.63) is 28.5 Å². The molecule has 26 heavy (non-hydrogen) atoms. The number of hydrogen-bond acceptors (Lipinski definition) is 4. The molecule has 4 rings (SSSR count). The maximum atomic E-state index is 11.5. The van der Waals surface area contributed by atoms with E-state index in [0.717, 1.165) is 73.5 Å². The summed E-state index contributed by atoms with van der Waals surface area (Å²) in [5, 5.41) is 0. The molecule has 1 amide bonds. The van der Waals surface area contributed by atoms with Crippen LogP contribution in [0.5, 0.6) is 0 Å². The van der Waals surface area contributed by atoms with Crippen LogP contribution in [0, 0.1) is 6.92 Å². The van der Waals surface area contributed by atoms with Gasteiger partial charge in [-0.2, -0.15) is 0 Å². The largest absolute Gasteiger partial charge is 0.343 e. The molecule has 7 heteroatoms. The second kappa shape index (κ2) is 7.27. The Morgan fingerprint density at radius 2 is 1.85 bits per heavy atom. The van der Waals surface area contributed by atoms with Crippen LogP contribution in [0.2, 0.25) is 0 Å². The molecule has 2 aliphatic rings. The summed E-state index contributed by atoms with van der Waals surface area (Å²) in [4.78, 5) is 25.3. The van der Waals surface area contributed by atoms with Gasteiger partial charge in [-0.15, -0.1) is 0 Å². The molecule has 0 N–H and O–H groups in total. The van der Waals surface area contributed by atoms with Gasteiger partial charge >= 0.3 is 0 Å². The standard InChI is InChI=1S/C19H26BrN5O/c1-13-17-18(20)22-19(25(17)12-7-21-13)15-3-8-24(9-4-15)16-5-10-23(11-6-16)14(2)26/h7,12,15-16H,3-6,8-11H2,1-2H3. The molecule has 0 unspecified atom stereocenters. The van der Waals surface area contributed by atoms with E-state index in [1.165, 1.54) is 0 Å². The van der Waals surface area contributed by atoms with Gasteiger partial charge in [0.2, 0.25) is 5.91 Å². The molecule has 4 heterocycles. The van der Waals surface area contributed by atoms with Crippen LogP contribution in [0.4, 0.5) is 0 Å². The number of amides is 1. The number of carbonyl (C=O) groups excluding carboxylic acids is 1. The zero-order valence-electron chi connectivity index (χ0n) is 15.5. The minimum atomic E-state index is 0.212. The molecule has 0 spiro atoms. The van der Waals surface area contributed by atoms with Gasteiger partial charge in [0.25, 0.3) is 0 Å². The Kier molecular flexibility index (Phi) is 5.01. The molecule has 6 nitrogen and oxygen atoms in total. The van der Waals surface area contributed by atoms with Gasteiger partial charge in [-0.3, -0.25) is 14.2 Å². The molecule has 0 radical (unpaired) electrons. The summed E-state index contributed by atoms with van der Waals surface area (Å²) in [5.74, 6) is 1.86. The first-order chi connectivity index (χ1) is 12.5. The molecule has 0 atom stereocenters. The Labute approximate surface area is 162 Å². The fourth-order valence-corrected chi connectivity index (χ4v) is 5.19. The Balaban J connectivity index is 1.42. The number of aryl methyl sites for hydroxylation is 1. The fourth-order valence-electron chi connectivity index (χ4n) is 4.53. The van der Waals surface area contributed by atoms with Gasteiger partial charge < -0.3 is 9.80 Å². The van der Waals surface area contributed by atoms with Crippen LogP contribution < -0.4 is 0 Å². The summed E-state index contributed by atoms with van der Waals surface area (Å²) in [6.07, 6.45) is 8.37. The quantitative estimate of drug-likeness (QED) is 0.750. The van der Waals surface area contributed by atoms with Gasteiger partial charge in [-0.1, -0.05) is 0 Å². The number of piperidine rings is 2. The fraction of sp³-hybridized carbons (Fsp3) is 0.632. The van der Waals surface area contributed by atoms with Crippen LogP contribution in [0.25, 0.3) is 5.52 Å². The van der Waals surface area contributed by atoms with Gasteiger partial charge in [0.15, 0.2) is 0 Å². The predicted molar refractivity (Wildman–Crippen MR) is 104 cm³/mol. The summed E-state index contributed by atoms with van der Waals surface area (Å²) in [5.41, 5.74) is 2.09. The van der Waals surface area contributed by atoms with Crippen molar-refractivity contribution >= 4 is 27.4 Å². The SMILES string of the molecule is CC(=O)N1CCC(N2CCC(c3nc(Br)c4c(C)nccn34)CC2)CC1. The molecule has 2 saturated heterocycles. The Bertz CT molecular complexity index is 804. The van der Waals surface area contributed by atoms with E-state index < -0.39 is 0 Å². The lowest BCUT2D eigenvalue weighted by atomic mass is 9.93. The van der Waals surface area contributed by atoms with Crippen LogP contribution in [0.15, 0.2) is 17.0 Å². The summed E-state index contributed by atoms with van der Waals surface area (Å²) >= 11 is 3.61. The number of aromatic nitrogens is 3. The van der Waals surface area contributed by atoms with Gasteiger partial charge in [0.05, 0.1) is 5.69 Å². The first kappa shape index (κ1) is 17.9. The van der Waals surface area contributed by atoms with Crippen LogP contribution >= 0.6 is 15.9 Å². The Morgan fingerprint density at radius 3 is 2.50 bits per heavy atom. The first-order valence-electron chi connectivity index (χ1n) is 9.53. The highest BCUT2D eigenvalue weighted by Crippen LogP contribution is 2.33. The van der Waals surface area contributed by atoms with E-state index in [0.29, 0.717) is 12.0 Å². The topological polar surface area (TPSA) is 53.7 Å². The van der Waals surface area contributed by atoms with E-state index in [2.05, 4.69) is 30.2 Å². The van der Waals surface area contributed by atoms with Crippen LogP contribution in [0.3, 0.4) is 0 Å². The maximum absolute atomic E-state index is 11.5. The monoisotopic (exact) mass is 419 g/mol. The summed E-state index contributed by atoms with van der Waals surface area (Å²) in [7, 11) is 0. The molecule has 2 aromatic rings. The van der Waals surface area contributed by atoms with Gasteiger partial charge in [0, 0.05) is 44.4 Å². The minimum absolute atomic E-state index is 0.212. The zero-order chi connectivity index (χ0) is 18.3. The van der Waals surface area contributed by atoms with E-state index >= 15 is 0 Å². The molecular weight excluding hydrogens is 394 g/mol. The molecule has 2 aromatic heterocycles. The molecule has 0 aromatic carbocycles. The molecule has 0 aliphatic carbocycles. The second-order valence-corrected chi connectivity index (χ2v) is 8.29. The number of rotatable bonds is 2. The molecule has 2 fully saturated rings. The van der Waals surface area contributed by atoms with Gasteiger partial charge in [0.1, 0.15) is 15.9 Å². The first-order valence-corrected chi connectivity index (χ1v) is 10.3. The van der Waals surface area contributed by atoms with Crippen molar-refractivity contribution in [3.63, 3.8) is 0 Å². The van der Waals surface area contributed by atoms with E-state index in [1.807, 2.05) is 24.2 Å². The molecule has 0 saturated carbocycles. The third kappa shape index (κ3) is 3.27. The number of carbonyl (C=O) groups is 1. The number of nitrogens with zero attached hydrogens (tertiary/aromatic N) is 5. The number of halogens is 1. The lowest BCUT2D eigenvalue weighted by molar-refractivity contribution is -0.130. The maximum Gasteiger partial charge on any atom is 0.219 e. The molecule has 2 aliphatic heterocycles. The summed E-state index contributed by atoms with van der Waals surface area (Å²) < 4.78 is 3.11.